The fourth-order valence-corrected chi connectivity index (χ4v) is 3.58. The highest BCUT2D eigenvalue weighted by Crippen LogP contribution is 2.42. The highest BCUT2D eigenvalue weighted by atomic mass is 16.8. The molecule has 2 fully saturated rings. The summed E-state index contributed by atoms with van der Waals surface area (Å²) in [5.41, 5.74) is 1.18. The highest BCUT2D eigenvalue weighted by Gasteiger charge is 2.55. The van der Waals surface area contributed by atoms with E-state index in [9.17, 15) is 0 Å². The van der Waals surface area contributed by atoms with Crippen LogP contribution in [0.15, 0.2) is 30.3 Å². The van der Waals surface area contributed by atoms with Crippen LogP contribution in [-0.2, 0) is 25.6 Å². The minimum Gasteiger partial charge on any atom is -0.376 e. The lowest BCUT2D eigenvalue weighted by Crippen LogP contribution is -2.52. The molecule has 0 saturated carbocycles. The molecule has 2 saturated heterocycles. The van der Waals surface area contributed by atoms with Crippen LogP contribution in [0.2, 0.25) is 0 Å². The molecule has 0 N–H and O–H groups in total. The number of methoxy groups -OCH3 is 1. The molecule has 2 aliphatic rings. The summed E-state index contributed by atoms with van der Waals surface area (Å²) < 4.78 is 24.2. The van der Waals surface area contributed by atoms with Gasteiger partial charge in [0.15, 0.2) is 5.79 Å². The molecule has 128 valence electrons. The molecule has 4 atom stereocenters. The molecule has 1 aromatic carbocycles. The average molecular weight is 320 g/mol. The second-order valence-corrected chi connectivity index (χ2v) is 6.53. The molecule has 2 aliphatic heterocycles. The zero-order valence-electron chi connectivity index (χ0n) is 14.2. The summed E-state index contributed by atoms with van der Waals surface area (Å²) in [5.74, 6) is -0.554. The third kappa shape index (κ3) is 3.77. The van der Waals surface area contributed by atoms with Crippen LogP contribution < -0.4 is 0 Å². The van der Waals surface area contributed by atoms with Crippen LogP contribution in [0.1, 0.15) is 44.6 Å². The lowest BCUT2D eigenvalue weighted by Gasteiger charge is -2.41. The van der Waals surface area contributed by atoms with E-state index in [2.05, 4.69) is 19.1 Å². The van der Waals surface area contributed by atoms with Crippen molar-refractivity contribution in [3.8, 4) is 0 Å². The predicted octanol–water partition coefficient (Wildman–Crippen LogP) is 3.68. The van der Waals surface area contributed by atoms with Gasteiger partial charge in [0.05, 0.1) is 19.3 Å². The number of hydrogen-bond donors (Lipinski definition) is 0. The van der Waals surface area contributed by atoms with E-state index >= 15 is 0 Å². The monoisotopic (exact) mass is 320 g/mol. The third-order valence-electron chi connectivity index (χ3n) is 4.91. The van der Waals surface area contributed by atoms with E-state index in [0.717, 1.165) is 19.3 Å². The molecule has 23 heavy (non-hydrogen) atoms. The van der Waals surface area contributed by atoms with Gasteiger partial charge in [0.2, 0.25) is 0 Å². The molecule has 1 aromatic rings. The van der Waals surface area contributed by atoms with Crippen LogP contribution in [0, 0.1) is 0 Å². The summed E-state index contributed by atoms with van der Waals surface area (Å²) in [4.78, 5) is 0. The van der Waals surface area contributed by atoms with E-state index in [1.807, 2.05) is 18.2 Å². The number of rotatable bonds is 8. The van der Waals surface area contributed by atoms with Gasteiger partial charge in [0.25, 0.3) is 0 Å². The molecule has 0 spiro atoms. The topological polar surface area (TPSA) is 36.9 Å². The van der Waals surface area contributed by atoms with Gasteiger partial charge >= 0.3 is 0 Å². The number of fused-ring (bicyclic) bond motifs is 2. The maximum absolute atomic E-state index is 6.26. The summed E-state index contributed by atoms with van der Waals surface area (Å²) in [6, 6.07) is 10.2. The number of unbranched alkanes of at least 4 members (excludes halogenated alkanes) is 2. The van der Waals surface area contributed by atoms with Crippen molar-refractivity contribution in [2.24, 2.45) is 0 Å². The fraction of sp³-hybridized carbons (Fsp3) is 0.684. The summed E-state index contributed by atoms with van der Waals surface area (Å²) >= 11 is 0. The molecule has 0 aromatic heterocycles. The minimum absolute atomic E-state index is 0.0201. The second kappa shape index (κ2) is 7.75. The van der Waals surface area contributed by atoms with Crippen molar-refractivity contribution in [2.75, 3.05) is 13.7 Å². The van der Waals surface area contributed by atoms with Gasteiger partial charge < -0.3 is 18.9 Å². The van der Waals surface area contributed by atoms with E-state index in [0.29, 0.717) is 13.2 Å². The van der Waals surface area contributed by atoms with Gasteiger partial charge in [-0.25, -0.2) is 0 Å². The molecular weight excluding hydrogens is 292 g/mol. The Balaban J connectivity index is 1.59. The maximum atomic E-state index is 6.26. The molecule has 2 bridgehead atoms. The van der Waals surface area contributed by atoms with Gasteiger partial charge in [-0.1, -0.05) is 50.1 Å². The van der Waals surface area contributed by atoms with E-state index in [-0.39, 0.29) is 18.3 Å². The first kappa shape index (κ1) is 16.9. The lowest BCUT2D eigenvalue weighted by atomic mass is 9.93. The van der Waals surface area contributed by atoms with E-state index < -0.39 is 5.79 Å². The molecule has 0 radical (unpaired) electrons. The normalized spacial score (nSPS) is 33.0. The first-order chi connectivity index (χ1) is 11.3. The third-order valence-corrected chi connectivity index (χ3v) is 4.91. The van der Waals surface area contributed by atoms with Crippen LogP contribution in [0.25, 0.3) is 0 Å². The Bertz CT molecular complexity index is 478. The van der Waals surface area contributed by atoms with Crippen molar-refractivity contribution in [1.82, 2.24) is 0 Å². The van der Waals surface area contributed by atoms with E-state index in [4.69, 9.17) is 18.9 Å². The minimum atomic E-state index is -0.554. The maximum Gasteiger partial charge on any atom is 0.195 e. The van der Waals surface area contributed by atoms with Gasteiger partial charge in [-0.05, 0) is 12.0 Å². The summed E-state index contributed by atoms with van der Waals surface area (Å²) in [7, 11) is 1.74. The first-order valence-corrected chi connectivity index (χ1v) is 8.77. The van der Waals surface area contributed by atoms with Gasteiger partial charge in [-0.2, -0.15) is 0 Å². The van der Waals surface area contributed by atoms with Gasteiger partial charge in [0.1, 0.15) is 12.2 Å². The van der Waals surface area contributed by atoms with E-state index in [1.54, 1.807) is 7.11 Å². The second-order valence-electron chi connectivity index (χ2n) is 6.53. The largest absolute Gasteiger partial charge is 0.376 e. The van der Waals surface area contributed by atoms with Crippen molar-refractivity contribution in [1.29, 1.82) is 0 Å². The molecule has 4 nitrogen and oxygen atoms in total. The standard InChI is InChI=1S/C19H28O4/c1-3-4-8-11-19-18(20-2)12-16(17(23-19)14-22-19)21-13-15-9-6-5-7-10-15/h5-7,9-10,16-18H,3-4,8,11-14H2,1-2H3/t16?,17-,18?,19?/m1/s1. The Morgan fingerprint density at radius 1 is 1.22 bits per heavy atom. The van der Waals surface area contributed by atoms with Crippen molar-refractivity contribution in [3.05, 3.63) is 35.9 Å². The van der Waals surface area contributed by atoms with Crippen LogP contribution in [0.4, 0.5) is 0 Å². The lowest BCUT2D eigenvalue weighted by molar-refractivity contribution is -0.277. The molecule has 3 rings (SSSR count). The van der Waals surface area contributed by atoms with E-state index in [1.165, 1.54) is 18.4 Å². The predicted molar refractivity (Wildman–Crippen MR) is 88.1 cm³/mol. The zero-order chi connectivity index (χ0) is 16.1. The Hall–Kier alpha value is -0.940. The summed E-state index contributed by atoms with van der Waals surface area (Å²) in [5, 5.41) is 0. The van der Waals surface area contributed by atoms with Gasteiger partial charge in [-0.3, -0.25) is 0 Å². The van der Waals surface area contributed by atoms with Crippen LogP contribution in [0.3, 0.4) is 0 Å². The summed E-state index contributed by atoms with van der Waals surface area (Å²) in [6.07, 6.45) is 5.23. The van der Waals surface area contributed by atoms with Crippen LogP contribution in [0.5, 0.6) is 0 Å². The Labute approximate surface area is 139 Å². The first-order valence-electron chi connectivity index (χ1n) is 8.77. The Kier molecular flexibility index (Phi) is 5.70. The van der Waals surface area contributed by atoms with Crippen LogP contribution >= 0.6 is 0 Å². The Morgan fingerprint density at radius 3 is 2.78 bits per heavy atom. The van der Waals surface area contributed by atoms with Crippen molar-refractivity contribution < 1.29 is 18.9 Å². The van der Waals surface area contributed by atoms with Gasteiger partial charge in [0, 0.05) is 20.0 Å². The molecule has 4 heteroatoms. The SMILES string of the molecule is CCCCCC12OC[C@@H](O1)C(OCc1ccccc1)CC2OC. The molecule has 3 unspecified atom stereocenters. The highest BCUT2D eigenvalue weighted by molar-refractivity contribution is 5.13. The zero-order valence-corrected chi connectivity index (χ0v) is 14.2. The van der Waals surface area contributed by atoms with Crippen LogP contribution in [-0.4, -0.2) is 37.8 Å². The molecular formula is C19H28O4. The van der Waals surface area contributed by atoms with Crippen molar-refractivity contribution in [2.45, 2.75) is 69.7 Å². The Morgan fingerprint density at radius 2 is 2.04 bits per heavy atom. The molecule has 0 aliphatic carbocycles. The number of hydrogen-bond acceptors (Lipinski definition) is 4. The quantitative estimate of drug-likeness (QED) is 0.685. The average Bonchev–Trinajstić information content (AvgIpc) is 2.96. The summed E-state index contributed by atoms with van der Waals surface area (Å²) in [6.45, 7) is 3.41. The number of ether oxygens (including phenoxy) is 4. The smallest absolute Gasteiger partial charge is 0.195 e. The fourth-order valence-electron chi connectivity index (χ4n) is 3.58. The molecule has 2 heterocycles. The van der Waals surface area contributed by atoms with Crippen molar-refractivity contribution in [3.63, 3.8) is 0 Å². The van der Waals surface area contributed by atoms with Gasteiger partial charge in [-0.15, -0.1) is 0 Å². The number of benzene rings is 1. The van der Waals surface area contributed by atoms with Crippen molar-refractivity contribution >= 4 is 0 Å². The molecule has 0 amide bonds.